The molecule has 0 saturated heterocycles. The lowest BCUT2D eigenvalue weighted by molar-refractivity contribution is -0.139. The van der Waals surface area contributed by atoms with Crippen molar-refractivity contribution in [2.75, 3.05) is 0 Å². The van der Waals surface area contributed by atoms with Crippen LogP contribution >= 0.6 is 0 Å². The van der Waals surface area contributed by atoms with Crippen LogP contribution in [0.25, 0.3) is 0 Å². The maximum atomic E-state index is 13.4. The van der Waals surface area contributed by atoms with Gasteiger partial charge in [-0.05, 0) is 30.5 Å². The molecule has 0 aliphatic rings. The third kappa shape index (κ3) is 4.90. The van der Waals surface area contributed by atoms with E-state index in [1.165, 1.54) is 12.1 Å². The molecular formula is C13H18FNO4S. The molecule has 7 heteroatoms. The van der Waals surface area contributed by atoms with Gasteiger partial charge in [0.05, 0.1) is 5.75 Å². The Morgan fingerprint density at radius 3 is 2.60 bits per heavy atom. The molecule has 1 rings (SSSR count). The van der Waals surface area contributed by atoms with Crippen LogP contribution in [0.5, 0.6) is 0 Å². The van der Waals surface area contributed by atoms with Crippen LogP contribution in [0.4, 0.5) is 4.39 Å². The van der Waals surface area contributed by atoms with Gasteiger partial charge >= 0.3 is 5.97 Å². The van der Waals surface area contributed by atoms with Crippen LogP contribution in [-0.4, -0.2) is 25.5 Å². The zero-order valence-electron chi connectivity index (χ0n) is 11.4. The SMILES string of the molecule is CCCC(NS(=O)(=O)Cc1ccc(C)c(F)c1)C(=O)O. The summed E-state index contributed by atoms with van der Waals surface area (Å²) < 4.78 is 39.3. The molecule has 0 fully saturated rings. The van der Waals surface area contributed by atoms with Gasteiger partial charge in [-0.2, -0.15) is 0 Å². The van der Waals surface area contributed by atoms with Gasteiger partial charge in [0.25, 0.3) is 0 Å². The molecule has 1 aromatic carbocycles. The van der Waals surface area contributed by atoms with Crippen molar-refractivity contribution in [3.8, 4) is 0 Å². The Balaban J connectivity index is 2.83. The molecular weight excluding hydrogens is 285 g/mol. The highest BCUT2D eigenvalue weighted by molar-refractivity contribution is 7.88. The van der Waals surface area contributed by atoms with E-state index in [9.17, 15) is 17.6 Å². The van der Waals surface area contributed by atoms with Crippen LogP contribution in [0.15, 0.2) is 18.2 Å². The van der Waals surface area contributed by atoms with Gasteiger partial charge in [-0.15, -0.1) is 0 Å². The fourth-order valence-corrected chi connectivity index (χ4v) is 3.08. The third-order valence-electron chi connectivity index (χ3n) is 2.79. The Morgan fingerprint density at radius 2 is 2.10 bits per heavy atom. The molecule has 1 unspecified atom stereocenters. The number of hydrogen-bond donors (Lipinski definition) is 2. The maximum Gasteiger partial charge on any atom is 0.321 e. The number of halogens is 1. The zero-order valence-corrected chi connectivity index (χ0v) is 12.2. The minimum Gasteiger partial charge on any atom is -0.480 e. The van der Waals surface area contributed by atoms with Crippen molar-refractivity contribution in [2.24, 2.45) is 0 Å². The monoisotopic (exact) mass is 303 g/mol. The minimum absolute atomic E-state index is 0.205. The first kappa shape index (κ1) is 16.6. The number of aliphatic carboxylic acids is 1. The van der Waals surface area contributed by atoms with E-state index in [0.29, 0.717) is 12.0 Å². The van der Waals surface area contributed by atoms with E-state index in [1.54, 1.807) is 13.8 Å². The fourth-order valence-electron chi connectivity index (χ4n) is 1.73. The van der Waals surface area contributed by atoms with Gasteiger partial charge in [-0.1, -0.05) is 25.5 Å². The molecule has 0 spiro atoms. The van der Waals surface area contributed by atoms with Crippen LogP contribution in [-0.2, 0) is 20.6 Å². The van der Waals surface area contributed by atoms with Gasteiger partial charge < -0.3 is 5.11 Å². The maximum absolute atomic E-state index is 13.4. The van der Waals surface area contributed by atoms with Crippen LogP contribution < -0.4 is 4.72 Å². The molecule has 0 amide bonds. The number of hydrogen-bond acceptors (Lipinski definition) is 3. The summed E-state index contributed by atoms with van der Waals surface area (Å²) in [5.41, 5.74) is 0.703. The fraction of sp³-hybridized carbons (Fsp3) is 0.462. The third-order valence-corrected chi connectivity index (χ3v) is 4.15. The molecule has 0 bridgehead atoms. The van der Waals surface area contributed by atoms with Crippen molar-refractivity contribution < 1.29 is 22.7 Å². The topological polar surface area (TPSA) is 83.5 Å². The Bertz CT molecular complexity index is 586. The Morgan fingerprint density at radius 1 is 1.45 bits per heavy atom. The average molecular weight is 303 g/mol. The van der Waals surface area contributed by atoms with Crippen molar-refractivity contribution >= 4 is 16.0 Å². The van der Waals surface area contributed by atoms with Gasteiger partial charge in [-0.3, -0.25) is 4.79 Å². The standard InChI is InChI=1S/C13H18FNO4S/c1-3-4-12(13(16)17)15-20(18,19)8-10-6-5-9(2)11(14)7-10/h5-7,12,15H,3-4,8H2,1-2H3,(H,16,17). The Labute approximate surface area is 117 Å². The number of aryl methyl sites for hydroxylation is 1. The average Bonchev–Trinajstić information content (AvgIpc) is 2.32. The molecule has 0 aliphatic heterocycles. The smallest absolute Gasteiger partial charge is 0.321 e. The molecule has 20 heavy (non-hydrogen) atoms. The summed E-state index contributed by atoms with van der Waals surface area (Å²) in [6.45, 7) is 3.34. The number of carbonyl (C=O) groups is 1. The summed E-state index contributed by atoms with van der Waals surface area (Å²) in [4.78, 5) is 10.9. The predicted octanol–water partition coefficient (Wildman–Crippen LogP) is 1.81. The second-order valence-corrected chi connectivity index (χ2v) is 6.39. The number of nitrogens with one attached hydrogen (secondary N) is 1. The molecule has 0 saturated carbocycles. The second-order valence-electron chi connectivity index (χ2n) is 4.64. The zero-order chi connectivity index (χ0) is 15.3. The predicted molar refractivity (Wildman–Crippen MR) is 73.2 cm³/mol. The first-order chi connectivity index (χ1) is 9.25. The van der Waals surface area contributed by atoms with Gasteiger partial charge in [0, 0.05) is 0 Å². The van der Waals surface area contributed by atoms with Crippen LogP contribution in [0, 0.1) is 12.7 Å². The summed E-state index contributed by atoms with van der Waals surface area (Å²) in [7, 11) is -3.83. The quantitative estimate of drug-likeness (QED) is 0.804. The largest absolute Gasteiger partial charge is 0.480 e. The molecule has 1 atom stereocenters. The van der Waals surface area contributed by atoms with Crippen molar-refractivity contribution in [2.45, 2.75) is 38.5 Å². The van der Waals surface area contributed by atoms with Gasteiger partial charge in [-0.25, -0.2) is 17.5 Å². The van der Waals surface area contributed by atoms with Crippen molar-refractivity contribution in [3.63, 3.8) is 0 Å². The molecule has 0 aromatic heterocycles. The lowest BCUT2D eigenvalue weighted by Crippen LogP contribution is -2.41. The molecule has 1 aromatic rings. The van der Waals surface area contributed by atoms with E-state index in [4.69, 9.17) is 5.11 Å². The number of benzene rings is 1. The van der Waals surface area contributed by atoms with Gasteiger partial charge in [0.15, 0.2) is 0 Å². The summed E-state index contributed by atoms with van der Waals surface area (Å²) in [6.07, 6.45) is 0.746. The summed E-state index contributed by atoms with van der Waals surface area (Å²) >= 11 is 0. The number of carboxylic acids is 1. The summed E-state index contributed by atoms with van der Waals surface area (Å²) in [6, 6.07) is 2.98. The highest BCUT2D eigenvalue weighted by Gasteiger charge is 2.23. The normalized spacial score (nSPS) is 13.2. The molecule has 0 radical (unpaired) electrons. The lowest BCUT2D eigenvalue weighted by Gasteiger charge is -2.14. The molecule has 2 N–H and O–H groups in total. The number of rotatable bonds is 7. The first-order valence-corrected chi connectivity index (χ1v) is 7.88. The van der Waals surface area contributed by atoms with E-state index in [2.05, 4.69) is 4.72 Å². The Kier molecular flexibility index (Phi) is 5.64. The lowest BCUT2D eigenvalue weighted by atomic mass is 10.2. The molecule has 5 nitrogen and oxygen atoms in total. The minimum atomic E-state index is -3.83. The van der Waals surface area contributed by atoms with E-state index < -0.39 is 33.6 Å². The highest BCUT2D eigenvalue weighted by Crippen LogP contribution is 2.12. The molecule has 0 heterocycles. The van der Waals surface area contributed by atoms with E-state index in [1.807, 2.05) is 0 Å². The van der Waals surface area contributed by atoms with E-state index in [0.717, 1.165) is 6.07 Å². The van der Waals surface area contributed by atoms with Gasteiger partial charge in [0.1, 0.15) is 11.9 Å². The van der Waals surface area contributed by atoms with Crippen molar-refractivity contribution in [1.82, 2.24) is 4.72 Å². The van der Waals surface area contributed by atoms with Gasteiger partial charge in [0.2, 0.25) is 10.0 Å². The number of sulfonamides is 1. The van der Waals surface area contributed by atoms with Crippen LogP contribution in [0.1, 0.15) is 30.9 Å². The molecule has 112 valence electrons. The summed E-state index contributed by atoms with van der Waals surface area (Å²) in [5, 5.41) is 8.93. The number of carboxylic acid groups (broad SMARTS) is 1. The van der Waals surface area contributed by atoms with Crippen LogP contribution in [0.3, 0.4) is 0 Å². The van der Waals surface area contributed by atoms with E-state index >= 15 is 0 Å². The molecule has 0 aliphatic carbocycles. The van der Waals surface area contributed by atoms with Crippen molar-refractivity contribution in [1.29, 1.82) is 0 Å². The second kappa shape index (κ2) is 6.81. The first-order valence-electron chi connectivity index (χ1n) is 6.23. The van der Waals surface area contributed by atoms with E-state index in [-0.39, 0.29) is 12.0 Å². The van der Waals surface area contributed by atoms with Crippen LogP contribution in [0.2, 0.25) is 0 Å². The highest BCUT2D eigenvalue weighted by atomic mass is 32.2. The Hall–Kier alpha value is -1.47. The van der Waals surface area contributed by atoms with Crippen molar-refractivity contribution in [3.05, 3.63) is 35.1 Å². The summed E-state index contributed by atoms with van der Waals surface area (Å²) in [5.74, 6) is -2.15.